The van der Waals surface area contributed by atoms with Crippen LogP contribution >= 0.6 is 0 Å². The summed E-state index contributed by atoms with van der Waals surface area (Å²) in [4.78, 5) is 14.6. The molecule has 0 aromatic carbocycles. The smallest absolute Gasteiger partial charge is 0.306 e. The SMILES string of the molecule is O=C(O)C1CCC(COO)CC1. The molecule has 0 saturated heterocycles. The Morgan fingerprint density at radius 3 is 2.33 bits per heavy atom. The molecule has 70 valence electrons. The predicted molar refractivity (Wildman–Crippen MR) is 41.7 cm³/mol. The second-order valence-electron chi connectivity index (χ2n) is 3.35. The normalized spacial score (nSPS) is 30.1. The first-order valence-corrected chi connectivity index (χ1v) is 4.23. The standard InChI is InChI=1S/C8H14O4/c9-8(10)7-3-1-6(2-4-7)5-12-11/h6-7,11H,1-5H2,(H,9,10). The average Bonchev–Trinajstić information content (AvgIpc) is 2.06. The van der Waals surface area contributed by atoms with E-state index in [1.54, 1.807) is 0 Å². The minimum absolute atomic E-state index is 0.181. The van der Waals surface area contributed by atoms with Crippen LogP contribution in [0.4, 0.5) is 0 Å². The van der Waals surface area contributed by atoms with Gasteiger partial charge in [0.15, 0.2) is 0 Å². The molecule has 4 nitrogen and oxygen atoms in total. The van der Waals surface area contributed by atoms with E-state index in [1.807, 2.05) is 0 Å². The van der Waals surface area contributed by atoms with Gasteiger partial charge in [-0.1, -0.05) is 0 Å². The van der Waals surface area contributed by atoms with Gasteiger partial charge in [-0.25, -0.2) is 4.89 Å². The highest BCUT2D eigenvalue weighted by atomic mass is 17.1. The minimum atomic E-state index is -0.696. The van der Waals surface area contributed by atoms with Gasteiger partial charge in [0.1, 0.15) is 0 Å². The summed E-state index contributed by atoms with van der Waals surface area (Å²) in [5, 5.41) is 16.9. The summed E-state index contributed by atoms with van der Waals surface area (Å²) in [6.07, 6.45) is 3.11. The van der Waals surface area contributed by atoms with Crippen molar-refractivity contribution < 1.29 is 20.0 Å². The zero-order valence-electron chi connectivity index (χ0n) is 6.90. The van der Waals surface area contributed by atoms with Crippen molar-refractivity contribution in [1.29, 1.82) is 0 Å². The molecule has 2 N–H and O–H groups in total. The Morgan fingerprint density at radius 2 is 1.92 bits per heavy atom. The molecule has 1 aliphatic rings. The van der Waals surface area contributed by atoms with E-state index in [1.165, 1.54) is 0 Å². The van der Waals surface area contributed by atoms with Gasteiger partial charge in [0.25, 0.3) is 0 Å². The van der Waals surface area contributed by atoms with E-state index < -0.39 is 5.97 Å². The van der Waals surface area contributed by atoms with Crippen molar-refractivity contribution in [2.75, 3.05) is 6.61 Å². The van der Waals surface area contributed by atoms with Crippen LogP contribution < -0.4 is 0 Å². The number of carboxylic acids is 1. The number of carboxylic acid groups (broad SMARTS) is 1. The topological polar surface area (TPSA) is 66.8 Å². The van der Waals surface area contributed by atoms with Gasteiger partial charge in [-0.15, -0.1) is 0 Å². The molecule has 1 saturated carbocycles. The highest BCUT2D eigenvalue weighted by molar-refractivity contribution is 5.69. The van der Waals surface area contributed by atoms with Gasteiger partial charge in [0, 0.05) is 0 Å². The first kappa shape index (κ1) is 9.48. The molecule has 0 unspecified atom stereocenters. The van der Waals surface area contributed by atoms with E-state index in [9.17, 15) is 4.79 Å². The number of hydrogen-bond donors (Lipinski definition) is 2. The second kappa shape index (κ2) is 4.42. The molecular formula is C8H14O4. The third kappa shape index (κ3) is 2.46. The molecule has 0 bridgehead atoms. The lowest BCUT2D eigenvalue weighted by molar-refractivity contribution is -0.252. The fourth-order valence-electron chi connectivity index (χ4n) is 1.68. The zero-order valence-corrected chi connectivity index (χ0v) is 6.90. The molecule has 0 heterocycles. The van der Waals surface area contributed by atoms with Crippen molar-refractivity contribution in [3.05, 3.63) is 0 Å². The largest absolute Gasteiger partial charge is 0.481 e. The Labute approximate surface area is 71.1 Å². The molecule has 1 rings (SSSR count). The molecular weight excluding hydrogens is 160 g/mol. The van der Waals surface area contributed by atoms with Gasteiger partial charge in [-0.05, 0) is 31.6 Å². The summed E-state index contributed by atoms with van der Waals surface area (Å²) in [5.74, 6) is -0.538. The van der Waals surface area contributed by atoms with Crippen LogP contribution in [-0.2, 0) is 9.68 Å². The molecule has 0 atom stereocenters. The monoisotopic (exact) mass is 174 g/mol. The lowest BCUT2D eigenvalue weighted by atomic mass is 9.82. The molecule has 0 aliphatic heterocycles. The number of carbonyl (C=O) groups is 1. The summed E-state index contributed by atoms with van der Waals surface area (Å²) in [5.41, 5.74) is 0. The number of rotatable bonds is 3. The Kier molecular flexibility index (Phi) is 3.49. The fourth-order valence-corrected chi connectivity index (χ4v) is 1.68. The molecule has 0 radical (unpaired) electrons. The molecule has 0 aromatic heterocycles. The predicted octanol–water partition coefficient (Wildman–Crippen LogP) is 1.37. The maximum atomic E-state index is 10.5. The molecule has 0 aromatic rings. The van der Waals surface area contributed by atoms with Gasteiger partial charge in [-0.2, -0.15) is 0 Å². The van der Waals surface area contributed by atoms with Crippen molar-refractivity contribution >= 4 is 5.97 Å². The zero-order chi connectivity index (χ0) is 8.97. The van der Waals surface area contributed by atoms with Crippen LogP contribution in [0.2, 0.25) is 0 Å². The minimum Gasteiger partial charge on any atom is -0.481 e. The van der Waals surface area contributed by atoms with Gasteiger partial charge < -0.3 is 5.11 Å². The Morgan fingerprint density at radius 1 is 1.33 bits per heavy atom. The molecule has 1 aliphatic carbocycles. The van der Waals surface area contributed by atoms with Crippen LogP contribution in [0.5, 0.6) is 0 Å². The molecule has 0 spiro atoms. The third-order valence-electron chi connectivity index (χ3n) is 2.51. The highest BCUT2D eigenvalue weighted by Gasteiger charge is 2.25. The Balaban J connectivity index is 2.25. The Bertz CT molecular complexity index is 149. The van der Waals surface area contributed by atoms with Crippen LogP contribution in [0.25, 0.3) is 0 Å². The van der Waals surface area contributed by atoms with E-state index >= 15 is 0 Å². The van der Waals surface area contributed by atoms with Gasteiger partial charge in [0.2, 0.25) is 0 Å². The van der Waals surface area contributed by atoms with Crippen molar-refractivity contribution in [3.8, 4) is 0 Å². The van der Waals surface area contributed by atoms with Crippen LogP contribution in [0, 0.1) is 11.8 Å². The molecule has 4 heteroatoms. The van der Waals surface area contributed by atoms with Crippen molar-refractivity contribution in [2.24, 2.45) is 11.8 Å². The van der Waals surface area contributed by atoms with Crippen LogP contribution in [0.3, 0.4) is 0 Å². The van der Waals surface area contributed by atoms with E-state index in [0.717, 1.165) is 12.8 Å². The second-order valence-corrected chi connectivity index (χ2v) is 3.35. The molecule has 1 fully saturated rings. The summed E-state index contributed by atoms with van der Waals surface area (Å²) in [6.45, 7) is 0.340. The fraction of sp³-hybridized carbons (Fsp3) is 0.875. The third-order valence-corrected chi connectivity index (χ3v) is 2.51. The van der Waals surface area contributed by atoms with E-state index in [4.69, 9.17) is 10.4 Å². The number of aliphatic carboxylic acids is 1. The van der Waals surface area contributed by atoms with Crippen LogP contribution in [-0.4, -0.2) is 22.9 Å². The van der Waals surface area contributed by atoms with Gasteiger partial charge in [0.05, 0.1) is 12.5 Å². The summed E-state index contributed by atoms with van der Waals surface area (Å²) >= 11 is 0. The summed E-state index contributed by atoms with van der Waals surface area (Å²) in [6, 6.07) is 0. The number of hydrogen-bond acceptors (Lipinski definition) is 3. The Hall–Kier alpha value is -0.610. The lowest BCUT2D eigenvalue weighted by Crippen LogP contribution is -2.23. The van der Waals surface area contributed by atoms with Crippen LogP contribution in [0.15, 0.2) is 0 Å². The maximum Gasteiger partial charge on any atom is 0.306 e. The maximum absolute atomic E-state index is 10.5. The van der Waals surface area contributed by atoms with E-state index in [2.05, 4.69) is 4.89 Å². The average molecular weight is 174 g/mol. The van der Waals surface area contributed by atoms with Gasteiger partial charge in [-0.3, -0.25) is 10.1 Å². The lowest BCUT2D eigenvalue weighted by Gasteiger charge is -2.24. The van der Waals surface area contributed by atoms with Crippen LogP contribution in [0.1, 0.15) is 25.7 Å². The summed E-state index contributed by atoms with van der Waals surface area (Å²) in [7, 11) is 0. The quantitative estimate of drug-likeness (QED) is 0.501. The van der Waals surface area contributed by atoms with Crippen molar-refractivity contribution in [3.63, 3.8) is 0 Å². The first-order chi connectivity index (χ1) is 5.74. The highest BCUT2D eigenvalue weighted by Crippen LogP contribution is 2.28. The van der Waals surface area contributed by atoms with Crippen molar-refractivity contribution in [2.45, 2.75) is 25.7 Å². The van der Waals surface area contributed by atoms with Gasteiger partial charge >= 0.3 is 5.97 Å². The molecule has 12 heavy (non-hydrogen) atoms. The van der Waals surface area contributed by atoms with Crippen molar-refractivity contribution in [1.82, 2.24) is 0 Å². The summed E-state index contributed by atoms with van der Waals surface area (Å²) < 4.78 is 0. The van der Waals surface area contributed by atoms with E-state index in [0.29, 0.717) is 25.4 Å². The van der Waals surface area contributed by atoms with E-state index in [-0.39, 0.29) is 5.92 Å². The molecule has 0 amide bonds. The first-order valence-electron chi connectivity index (χ1n) is 4.23.